The number of benzene rings is 1. The fourth-order valence-corrected chi connectivity index (χ4v) is 3.43. The van der Waals surface area contributed by atoms with Crippen molar-refractivity contribution in [3.63, 3.8) is 0 Å². The van der Waals surface area contributed by atoms with Gasteiger partial charge >= 0.3 is 0 Å². The number of fused-ring (bicyclic) bond motifs is 2. The highest BCUT2D eigenvalue weighted by Crippen LogP contribution is 2.46. The quantitative estimate of drug-likeness (QED) is 0.819. The summed E-state index contributed by atoms with van der Waals surface area (Å²) < 4.78 is 11.0. The molecule has 2 aliphatic rings. The Bertz CT molecular complexity index is 456. The van der Waals surface area contributed by atoms with Gasteiger partial charge < -0.3 is 14.4 Å². The minimum Gasteiger partial charge on any atom is -0.454 e. The summed E-state index contributed by atoms with van der Waals surface area (Å²) in [6.07, 6.45) is 3.70. The highest BCUT2D eigenvalue weighted by Gasteiger charge is 2.35. The lowest BCUT2D eigenvalue weighted by Gasteiger charge is -2.27. The first-order chi connectivity index (χ1) is 8.70. The van der Waals surface area contributed by atoms with Crippen molar-refractivity contribution in [2.75, 3.05) is 20.9 Å². The zero-order valence-electron chi connectivity index (χ0n) is 11.4. The summed E-state index contributed by atoms with van der Waals surface area (Å²) in [5.41, 5.74) is 2.87. The van der Waals surface area contributed by atoms with Crippen LogP contribution < -0.4 is 9.47 Å². The van der Waals surface area contributed by atoms with Gasteiger partial charge in [0.2, 0.25) is 6.79 Å². The van der Waals surface area contributed by atoms with Crippen molar-refractivity contribution in [3.8, 4) is 11.5 Å². The third-order valence-electron chi connectivity index (χ3n) is 4.10. The first-order valence-corrected chi connectivity index (χ1v) is 6.79. The van der Waals surface area contributed by atoms with Crippen molar-refractivity contribution < 1.29 is 9.47 Å². The van der Waals surface area contributed by atoms with Crippen LogP contribution in [-0.4, -0.2) is 25.8 Å². The van der Waals surface area contributed by atoms with Crippen molar-refractivity contribution in [2.24, 2.45) is 5.92 Å². The normalized spacial score (nSPS) is 24.7. The van der Waals surface area contributed by atoms with Gasteiger partial charge in [-0.3, -0.25) is 0 Å². The van der Waals surface area contributed by atoms with Crippen molar-refractivity contribution in [1.82, 2.24) is 4.90 Å². The second-order valence-electron chi connectivity index (χ2n) is 5.57. The fourth-order valence-electron chi connectivity index (χ4n) is 3.43. The Morgan fingerprint density at radius 3 is 2.61 bits per heavy atom. The summed E-state index contributed by atoms with van der Waals surface area (Å²) in [5.74, 6) is 2.56. The molecule has 1 aromatic rings. The van der Waals surface area contributed by atoms with Gasteiger partial charge in [0.15, 0.2) is 11.5 Å². The summed E-state index contributed by atoms with van der Waals surface area (Å²) in [5, 5.41) is 0. The maximum Gasteiger partial charge on any atom is 0.231 e. The van der Waals surface area contributed by atoms with Crippen LogP contribution in [0.5, 0.6) is 11.5 Å². The molecule has 3 nitrogen and oxygen atoms in total. The average molecular weight is 247 g/mol. The molecule has 3 heteroatoms. The summed E-state index contributed by atoms with van der Waals surface area (Å²) in [4.78, 5) is 2.34. The van der Waals surface area contributed by atoms with Gasteiger partial charge in [0.05, 0.1) is 0 Å². The molecule has 3 rings (SSSR count). The molecule has 0 bridgehead atoms. The minimum absolute atomic E-state index is 0.364. The lowest BCUT2D eigenvalue weighted by Crippen LogP contribution is -2.24. The third kappa shape index (κ3) is 1.77. The Balaban J connectivity index is 1.99. The van der Waals surface area contributed by atoms with Crippen LogP contribution in [0.25, 0.3) is 0 Å². The van der Waals surface area contributed by atoms with Gasteiger partial charge in [0, 0.05) is 6.04 Å². The summed E-state index contributed by atoms with van der Waals surface area (Å²) in [7, 11) is 4.35. The van der Waals surface area contributed by atoms with Crippen molar-refractivity contribution in [3.05, 3.63) is 23.3 Å². The second kappa shape index (κ2) is 4.47. The molecule has 0 radical (unpaired) electrons. The van der Waals surface area contributed by atoms with E-state index in [9.17, 15) is 0 Å². The first kappa shape index (κ1) is 11.8. The SMILES string of the molecule is CCC[C@@H]1Cc2cc3c(cc2[C@H]1N(C)C)OCO3. The van der Waals surface area contributed by atoms with Crippen molar-refractivity contribution in [1.29, 1.82) is 0 Å². The molecule has 0 unspecified atom stereocenters. The van der Waals surface area contributed by atoms with Gasteiger partial charge in [-0.25, -0.2) is 0 Å². The molecule has 1 heterocycles. The largest absolute Gasteiger partial charge is 0.454 e. The molecule has 18 heavy (non-hydrogen) atoms. The van der Waals surface area contributed by atoms with Gasteiger partial charge in [-0.1, -0.05) is 13.3 Å². The number of hydrogen-bond donors (Lipinski definition) is 0. The predicted molar refractivity (Wildman–Crippen MR) is 71.1 cm³/mol. The molecule has 0 N–H and O–H groups in total. The molecule has 0 amide bonds. The van der Waals surface area contributed by atoms with E-state index < -0.39 is 0 Å². The molecular formula is C15H21NO2. The van der Waals surface area contributed by atoms with E-state index in [0.29, 0.717) is 12.8 Å². The van der Waals surface area contributed by atoms with E-state index in [0.717, 1.165) is 17.4 Å². The van der Waals surface area contributed by atoms with Crippen LogP contribution in [0.3, 0.4) is 0 Å². The summed E-state index contributed by atoms with van der Waals surface area (Å²) in [6, 6.07) is 4.90. The Kier molecular flexibility index (Phi) is 2.94. The molecule has 1 aliphatic heterocycles. The molecule has 0 saturated carbocycles. The van der Waals surface area contributed by atoms with Crippen molar-refractivity contribution in [2.45, 2.75) is 32.2 Å². The van der Waals surface area contributed by atoms with E-state index in [1.165, 1.54) is 30.4 Å². The standard InChI is InChI=1S/C15H21NO2/c1-4-5-10-6-11-7-13-14(18-9-17-13)8-12(11)15(10)16(2)3/h7-8,10,15H,4-6,9H2,1-3H3/t10-,15+/m1/s1. The van der Waals surface area contributed by atoms with Gasteiger partial charge in [-0.15, -0.1) is 0 Å². The highest BCUT2D eigenvalue weighted by atomic mass is 16.7. The molecule has 0 fully saturated rings. The Hall–Kier alpha value is -1.22. The number of rotatable bonds is 3. The van der Waals surface area contributed by atoms with Crippen LogP contribution in [0.1, 0.15) is 36.9 Å². The lowest BCUT2D eigenvalue weighted by atomic mass is 9.95. The van der Waals surface area contributed by atoms with E-state index in [2.05, 4.69) is 38.1 Å². The van der Waals surface area contributed by atoms with E-state index in [4.69, 9.17) is 9.47 Å². The Morgan fingerprint density at radius 1 is 1.22 bits per heavy atom. The molecular weight excluding hydrogens is 226 g/mol. The van der Waals surface area contributed by atoms with E-state index in [-0.39, 0.29) is 0 Å². The minimum atomic E-state index is 0.364. The molecule has 98 valence electrons. The van der Waals surface area contributed by atoms with Crippen LogP contribution in [0.4, 0.5) is 0 Å². The first-order valence-electron chi connectivity index (χ1n) is 6.79. The van der Waals surface area contributed by atoms with Gasteiger partial charge in [-0.2, -0.15) is 0 Å². The molecule has 0 aromatic heterocycles. The maximum atomic E-state index is 5.51. The van der Waals surface area contributed by atoms with E-state index >= 15 is 0 Å². The average Bonchev–Trinajstić information content (AvgIpc) is 2.88. The lowest BCUT2D eigenvalue weighted by molar-refractivity contribution is 0.173. The molecule has 2 atom stereocenters. The van der Waals surface area contributed by atoms with Crippen LogP contribution >= 0.6 is 0 Å². The van der Waals surface area contributed by atoms with Gasteiger partial charge in [0.1, 0.15) is 0 Å². The Morgan fingerprint density at radius 2 is 1.94 bits per heavy atom. The zero-order chi connectivity index (χ0) is 12.7. The van der Waals surface area contributed by atoms with E-state index in [1.54, 1.807) is 0 Å². The third-order valence-corrected chi connectivity index (χ3v) is 4.10. The molecule has 1 aliphatic carbocycles. The van der Waals surface area contributed by atoms with Crippen molar-refractivity contribution >= 4 is 0 Å². The number of nitrogens with zero attached hydrogens (tertiary/aromatic N) is 1. The molecule has 0 saturated heterocycles. The van der Waals surface area contributed by atoms with Gasteiger partial charge in [-0.05, 0) is 56.1 Å². The van der Waals surface area contributed by atoms with Crippen LogP contribution in [0.15, 0.2) is 12.1 Å². The fraction of sp³-hybridized carbons (Fsp3) is 0.600. The zero-order valence-corrected chi connectivity index (χ0v) is 11.4. The summed E-state index contributed by atoms with van der Waals surface area (Å²) in [6.45, 7) is 2.63. The maximum absolute atomic E-state index is 5.51. The monoisotopic (exact) mass is 247 g/mol. The van der Waals surface area contributed by atoms with Crippen LogP contribution in [0.2, 0.25) is 0 Å². The Labute approximate surface area is 109 Å². The second-order valence-corrected chi connectivity index (χ2v) is 5.57. The smallest absolute Gasteiger partial charge is 0.231 e. The van der Waals surface area contributed by atoms with Crippen LogP contribution in [-0.2, 0) is 6.42 Å². The summed E-state index contributed by atoms with van der Waals surface area (Å²) >= 11 is 0. The number of ether oxygens (including phenoxy) is 2. The molecule has 1 aromatic carbocycles. The number of hydrogen-bond acceptors (Lipinski definition) is 3. The highest BCUT2D eigenvalue weighted by molar-refractivity contribution is 5.51. The topological polar surface area (TPSA) is 21.7 Å². The van der Waals surface area contributed by atoms with E-state index in [1.807, 2.05) is 0 Å². The van der Waals surface area contributed by atoms with Crippen LogP contribution in [0, 0.1) is 5.92 Å². The molecule has 0 spiro atoms. The van der Waals surface area contributed by atoms with Gasteiger partial charge in [0.25, 0.3) is 0 Å². The predicted octanol–water partition coefficient (Wildman–Crippen LogP) is 2.99.